The van der Waals surface area contributed by atoms with E-state index in [2.05, 4.69) is 15.8 Å². The minimum absolute atomic E-state index is 0.0214. The van der Waals surface area contributed by atoms with Gasteiger partial charge in [0.25, 0.3) is 21.8 Å². The average molecular weight is 611 g/mol. The van der Waals surface area contributed by atoms with Crippen molar-refractivity contribution in [3.05, 3.63) is 108 Å². The molecule has 1 heterocycles. The van der Waals surface area contributed by atoms with Gasteiger partial charge in [-0.1, -0.05) is 11.6 Å². The minimum atomic E-state index is -4.12. The zero-order valence-corrected chi connectivity index (χ0v) is 24.0. The second-order valence-electron chi connectivity index (χ2n) is 8.67. The van der Waals surface area contributed by atoms with Crippen molar-refractivity contribution in [1.29, 1.82) is 0 Å². The van der Waals surface area contributed by atoms with Crippen molar-refractivity contribution in [2.75, 3.05) is 24.6 Å². The Morgan fingerprint density at radius 1 is 0.952 bits per heavy atom. The number of halogens is 1. The number of hydrogen-bond donors (Lipinski definition) is 2. The smallest absolute Gasteiger partial charge is 0.264 e. The molecule has 0 radical (unpaired) electrons. The average Bonchev–Trinajstić information content (AvgIpc) is 3.53. The van der Waals surface area contributed by atoms with E-state index in [1.165, 1.54) is 68.1 Å². The van der Waals surface area contributed by atoms with Crippen LogP contribution in [0.3, 0.4) is 0 Å². The van der Waals surface area contributed by atoms with Crippen molar-refractivity contribution in [2.45, 2.75) is 11.4 Å². The highest BCUT2D eigenvalue weighted by atomic mass is 35.5. The SMILES string of the molecule is COc1ccc(S(=O)(=O)N(CC(=O)N/N=C\c2ccc(OCC(=O)NCc3ccco3)cc2)c2ccc(Cl)cc2)cc1. The summed E-state index contributed by atoms with van der Waals surface area (Å²) in [6.45, 7) is -0.447. The molecule has 0 spiro atoms. The summed E-state index contributed by atoms with van der Waals surface area (Å²) in [4.78, 5) is 24.7. The highest BCUT2D eigenvalue weighted by molar-refractivity contribution is 7.92. The van der Waals surface area contributed by atoms with Crippen LogP contribution in [-0.2, 0) is 26.2 Å². The zero-order chi connectivity index (χ0) is 30.0. The molecular formula is C29H27ClN4O7S. The van der Waals surface area contributed by atoms with E-state index in [1.54, 1.807) is 36.4 Å². The predicted molar refractivity (Wildman–Crippen MR) is 157 cm³/mol. The summed E-state index contributed by atoms with van der Waals surface area (Å²) in [6.07, 6.45) is 2.92. The van der Waals surface area contributed by atoms with Gasteiger partial charge in [0.1, 0.15) is 23.8 Å². The molecule has 0 aliphatic rings. The summed E-state index contributed by atoms with van der Waals surface area (Å²) in [5, 5.41) is 7.03. The van der Waals surface area contributed by atoms with E-state index < -0.39 is 22.5 Å². The molecule has 4 rings (SSSR count). The Kier molecular flexibility index (Phi) is 10.2. The van der Waals surface area contributed by atoms with Gasteiger partial charge in [0.15, 0.2) is 6.61 Å². The van der Waals surface area contributed by atoms with Crippen molar-refractivity contribution in [3.63, 3.8) is 0 Å². The number of sulfonamides is 1. The summed E-state index contributed by atoms with van der Waals surface area (Å²) in [5.74, 6) is 0.618. The van der Waals surface area contributed by atoms with Gasteiger partial charge in [-0.15, -0.1) is 0 Å². The van der Waals surface area contributed by atoms with E-state index in [0.29, 0.717) is 27.8 Å². The van der Waals surface area contributed by atoms with Crippen molar-refractivity contribution < 1.29 is 31.9 Å². The number of carbonyl (C=O) groups is 2. The van der Waals surface area contributed by atoms with Crippen LogP contribution in [0.15, 0.2) is 106 Å². The number of nitrogens with zero attached hydrogens (tertiary/aromatic N) is 2. The molecule has 0 atom stereocenters. The summed E-state index contributed by atoms with van der Waals surface area (Å²) in [7, 11) is -2.65. The number of rotatable bonds is 13. The fourth-order valence-electron chi connectivity index (χ4n) is 3.59. The Morgan fingerprint density at radius 3 is 2.29 bits per heavy atom. The van der Waals surface area contributed by atoms with Crippen LogP contribution in [0.5, 0.6) is 11.5 Å². The Labute approximate surface area is 247 Å². The Morgan fingerprint density at radius 2 is 1.64 bits per heavy atom. The number of hydrogen-bond acceptors (Lipinski definition) is 8. The molecule has 42 heavy (non-hydrogen) atoms. The summed E-state index contributed by atoms with van der Waals surface area (Å²) >= 11 is 5.98. The standard InChI is InChI=1S/C29H27ClN4O7S/c1-39-24-12-14-27(15-13-24)42(37,38)34(23-8-6-22(30)7-9-23)19-28(35)33-32-17-21-4-10-25(11-5-21)41-20-29(36)31-18-26-3-2-16-40-26/h2-17H,18-20H2,1H3,(H,31,36)(H,33,35)/b32-17-. The topological polar surface area (TPSA) is 140 Å². The van der Waals surface area contributed by atoms with Crippen molar-refractivity contribution in [1.82, 2.24) is 10.7 Å². The van der Waals surface area contributed by atoms with Crippen LogP contribution in [0.4, 0.5) is 5.69 Å². The third-order valence-electron chi connectivity index (χ3n) is 5.74. The second-order valence-corrected chi connectivity index (χ2v) is 11.0. The number of benzene rings is 3. The van der Waals surface area contributed by atoms with Gasteiger partial charge in [0.2, 0.25) is 0 Å². The Balaban J connectivity index is 1.34. The van der Waals surface area contributed by atoms with Crippen LogP contribution in [0.25, 0.3) is 0 Å². The number of carbonyl (C=O) groups excluding carboxylic acids is 2. The lowest BCUT2D eigenvalue weighted by Gasteiger charge is -2.23. The number of hydrazone groups is 1. The molecule has 0 bridgehead atoms. The van der Waals surface area contributed by atoms with E-state index in [-0.39, 0.29) is 29.6 Å². The minimum Gasteiger partial charge on any atom is -0.497 e. The normalized spacial score (nSPS) is 11.2. The number of amides is 2. The monoisotopic (exact) mass is 610 g/mol. The zero-order valence-electron chi connectivity index (χ0n) is 22.4. The van der Waals surface area contributed by atoms with Crippen LogP contribution < -0.4 is 24.5 Å². The van der Waals surface area contributed by atoms with E-state index >= 15 is 0 Å². The molecule has 4 aromatic rings. The van der Waals surface area contributed by atoms with Crippen LogP contribution >= 0.6 is 11.6 Å². The van der Waals surface area contributed by atoms with Gasteiger partial charge < -0.3 is 19.2 Å². The fraction of sp³-hybridized carbons (Fsp3) is 0.138. The third-order valence-corrected chi connectivity index (χ3v) is 7.78. The van der Waals surface area contributed by atoms with Gasteiger partial charge in [0, 0.05) is 5.02 Å². The van der Waals surface area contributed by atoms with Crippen molar-refractivity contribution >= 4 is 45.3 Å². The second kappa shape index (κ2) is 14.2. The van der Waals surface area contributed by atoms with Gasteiger partial charge in [-0.25, -0.2) is 13.8 Å². The molecular weight excluding hydrogens is 584 g/mol. The first kappa shape index (κ1) is 30.2. The lowest BCUT2D eigenvalue weighted by molar-refractivity contribution is -0.123. The van der Waals surface area contributed by atoms with E-state index in [1.807, 2.05) is 0 Å². The number of anilines is 1. The molecule has 0 aliphatic heterocycles. The first-order valence-electron chi connectivity index (χ1n) is 12.5. The molecule has 2 amide bonds. The summed E-state index contributed by atoms with van der Waals surface area (Å²) in [5.41, 5.74) is 3.23. The van der Waals surface area contributed by atoms with Gasteiger partial charge in [0.05, 0.1) is 36.7 Å². The molecule has 0 saturated heterocycles. The van der Waals surface area contributed by atoms with E-state index in [4.69, 9.17) is 25.5 Å². The molecule has 218 valence electrons. The first-order chi connectivity index (χ1) is 20.2. The third kappa shape index (κ3) is 8.35. The van der Waals surface area contributed by atoms with Crippen molar-refractivity contribution in [3.8, 4) is 11.5 Å². The van der Waals surface area contributed by atoms with Gasteiger partial charge in [-0.2, -0.15) is 5.10 Å². The number of ether oxygens (including phenoxy) is 2. The molecule has 13 heteroatoms. The van der Waals surface area contributed by atoms with Gasteiger partial charge in [-0.05, 0) is 90.5 Å². The molecule has 3 aromatic carbocycles. The van der Waals surface area contributed by atoms with E-state index in [0.717, 1.165) is 4.31 Å². The summed E-state index contributed by atoms with van der Waals surface area (Å²) < 4.78 is 43.6. The summed E-state index contributed by atoms with van der Waals surface area (Å²) in [6, 6.07) is 22.0. The van der Waals surface area contributed by atoms with Crippen LogP contribution in [0.1, 0.15) is 11.3 Å². The lowest BCUT2D eigenvalue weighted by atomic mass is 10.2. The molecule has 0 fully saturated rings. The fourth-order valence-corrected chi connectivity index (χ4v) is 5.14. The Hall–Kier alpha value is -4.81. The maximum absolute atomic E-state index is 13.5. The van der Waals surface area contributed by atoms with Crippen LogP contribution in [0.2, 0.25) is 5.02 Å². The van der Waals surface area contributed by atoms with Crippen LogP contribution in [-0.4, -0.2) is 46.7 Å². The highest BCUT2D eigenvalue weighted by Crippen LogP contribution is 2.26. The number of furan rings is 1. The van der Waals surface area contributed by atoms with Gasteiger partial charge in [-0.3, -0.25) is 13.9 Å². The maximum Gasteiger partial charge on any atom is 0.264 e. The molecule has 0 saturated carbocycles. The maximum atomic E-state index is 13.5. The lowest BCUT2D eigenvalue weighted by Crippen LogP contribution is -2.39. The Bertz CT molecular complexity index is 1610. The largest absolute Gasteiger partial charge is 0.497 e. The molecule has 2 N–H and O–H groups in total. The van der Waals surface area contributed by atoms with Crippen molar-refractivity contribution in [2.24, 2.45) is 5.10 Å². The molecule has 0 unspecified atom stereocenters. The molecule has 1 aromatic heterocycles. The predicted octanol–water partition coefficient (Wildman–Crippen LogP) is 3.98. The quantitative estimate of drug-likeness (QED) is 0.172. The molecule has 0 aliphatic carbocycles. The van der Waals surface area contributed by atoms with Gasteiger partial charge >= 0.3 is 0 Å². The molecule has 11 nitrogen and oxygen atoms in total. The van der Waals surface area contributed by atoms with Crippen LogP contribution in [0, 0.1) is 0 Å². The highest BCUT2D eigenvalue weighted by Gasteiger charge is 2.27. The van der Waals surface area contributed by atoms with E-state index in [9.17, 15) is 18.0 Å². The number of methoxy groups -OCH3 is 1. The first-order valence-corrected chi connectivity index (χ1v) is 14.3. The number of nitrogens with one attached hydrogen (secondary N) is 2.